The van der Waals surface area contributed by atoms with E-state index in [1.807, 2.05) is 4.90 Å². The Morgan fingerprint density at radius 3 is 2.62 bits per heavy atom. The van der Waals surface area contributed by atoms with Crippen LogP contribution in [0.1, 0.15) is 20.3 Å². The number of nitrogens with zero attached hydrogens (tertiary/aromatic N) is 2. The molecular weight excluding hydrogens is 202 g/mol. The van der Waals surface area contributed by atoms with Gasteiger partial charge in [0.25, 0.3) is 0 Å². The van der Waals surface area contributed by atoms with Gasteiger partial charge in [-0.1, -0.05) is 6.92 Å². The van der Waals surface area contributed by atoms with Crippen LogP contribution in [-0.2, 0) is 4.79 Å². The van der Waals surface area contributed by atoms with E-state index in [4.69, 9.17) is 0 Å². The van der Waals surface area contributed by atoms with Gasteiger partial charge in [-0.05, 0) is 18.9 Å². The van der Waals surface area contributed by atoms with Gasteiger partial charge in [0.05, 0.1) is 0 Å². The summed E-state index contributed by atoms with van der Waals surface area (Å²) >= 11 is 0. The predicted octanol–water partition coefficient (Wildman–Crippen LogP) is 0.149. The first kappa shape index (κ1) is 11.9. The van der Waals surface area contributed by atoms with Crippen molar-refractivity contribution >= 4 is 5.91 Å². The van der Waals surface area contributed by atoms with E-state index in [9.17, 15) is 4.79 Å². The smallest absolute Gasteiger partial charge is 0.219 e. The summed E-state index contributed by atoms with van der Waals surface area (Å²) in [5.74, 6) is 0.961. The fourth-order valence-electron chi connectivity index (χ4n) is 2.87. The molecule has 1 N–H and O–H groups in total. The molecule has 2 unspecified atom stereocenters. The van der Waals surface area contributed by atoms with Crippen molar-refractivity contribution in [1.29, 1.82) is 0 Å². The Bertz CT molecular complexity index is 257. The van der Waals surface area contributed by atoms with E-state index in [2.05, 4.69) is 17.1 Å². The Morgan fingerprint density at radius 1 is 1.19 bits per heavy atom. The van der Waals surface area contributed by atoms with Crippen LogP contribution in [0.25, 0.3) is 0 Å². The number of nitrogens with one attached hydrogen (secondary N) is 1. The van der Waals surface area contributed by atoms with Crippen LogP contribution in [0.2, 0.25) is 0 Å². The Hall–Kier alpha value is -0.610. The molecule has 2 fully saturated rings. The van der Waals surface area contributed by atoms with Crippen LogP contribution >= 0.6 is 0 Å². The van der Waals surface area contributed by atoms with Crippen molar-refractivity contribution in [2.45, 2.75) is 26.3 Å². The van der Waals surface area contributed by atoms with Gasteiger partial charge in [0.15, 0.2) is 0 Å². The van der Waals surface area contributed by atoms with Gasteiger partial charge in [0, 0.05) is 45.7 Å². The lowest BCUT2D eigenvalue weighted by Gasteiger charge is -2.29. The van der Waals surface area contributed by atoms with Crippen molar-refractivity contribution in [3.05, 3.63) is 0 Å². The number of amides is 1. The molecule has 0 aromatic carbocycles. The summed E-state index contributed by atoms with van der Waals surface area (Å²) in [5, 5.41) is 3.45. The van der Waals surface area contributed by atoms with Crippen LogP contribution < -0.4 is 5.32 Å². The minimum absolute atomic E-state index is 0.222. The molecule has 2 heterocycles. The third-order valence-corrected chi connectivity index (χ3v) is 3.92. The number of hydrogen-bond acceptors (Lipinski definition) is 3. The molecule has 2 aliphatic heterocycles. The van der Waals surface area contributed by atoms with Gasteiger partial charge >= 0.3 is 0 Å². The standard InChI is InChI=1S/C12H23N3O/c1-10-8-13-9-12(10)15-5-3-4-14(6-7-15)11(2)16/h10,12-13H,3-9H2,1-2H3. The van der Waals surface area contributed by atoms with Crippen molar-refractivity contribution in [1.82, 2.24) is 15.1 Å². The van der Waals surface area contributed by atoms with Crippen LogP contribution in [0.3, 0.4) is 0 Å². The number of carbonyl (C=O) groups excluding carboxylic acids is 1. The number of hydrogen-bond donors (Lipinski definition) is 1. The van der Waals surface area contributed by atoms with Crippen molar-refractivity contribution in [2.75, 3.05) is 39.3 Å². The zero-order valence-corrected chi connectivity index (χ0v) is 10.4. The van der Waals surface area contributed by atoms with Gasteiger partial charge in [0.2, 0.25) is 5.91 Å². The monoisotopic (exact) mass is 225 g/mol. The predicted molar refractivity (Wildman–Crippen MR) is 64.3 cm³/mol. The fraction of sp³-hybridized carbons (Fsp3) is 0.917. The third kappa shape index (κ3) is 2.55. The molecule has 0 aromatic heterocycles. The molecule has 0 aromatic rings. The highest BCUT2D eigenvalue weighted by Gasteiger charge is 2.30. The van der Waals surface area contributed by atoms with Crippen LogP contribution in [-0.4, -0.2) is 61.0 Å². The zero-order valence-electron chi connectivity index (χ0n) is 10.4. The normalized spacial score (nSPS) is 32.8. The van der Waals surface area contributed by atoms with Crippen LogP contribution in [0, 0.1) is 5.92 Å². The molecule has 0 radical (unpaired) electrons. The largest absolute Gasteiger partial charge is 0.342 e. The molecule has 4 heteroatoms. The average molecular weight is 225 g/mol. The lowest BCUT2D eigenvalue weighted by atomic mass is 10.0. The van der Waals surface area contributed by atoms with Crippen molar-refractivity contribution < 1.29 is 4.79 Å². The van der Waals surface area contributed by atoms with Crippen LogP contribution in [0.15, 0.2) is 0 Å². The van der Waals surface area contributed by atoms with Crippen molar-refractivity contribution in [2.24, 2.45) is 5.92 Å². The summed E-state index contributed by atoms with van der Waals surface area (Å²) < 4.78 is 0. The SMILES string of the molecule is CC(=O)N1CCCN(C2CNCC2C)CC1. The molecule has 2 saturated heterocycles. The summed E-state index contributed by atoms with van der Waals surface area (Å²) in [6, 6.07) is 0.673. The molecule has 2 rings (SSSR count). The van der Waals surface area contributed by atoms with Gasteiger partial charge in [-0.15, -0.1) is 0 Å². The maximum absolute atomic E-state index is 11.3. The molecular formula is C12H23N3O. The Balaban J connectivity index is 1.90. The van der Waals surface area contributed by atoms with E-state index < -0.39 is 0 Å². The maximum atomic E-state index is 11.3. The van der Waals surface area contributed by atoms with Crippen LogP contribution in [0.5, 0.6) is 0 Å². The van der Waals surface area contributed by atoms with E-state index in [1.54, 1.807) is 6.92 Å². The molecule has 2 atom stereocenters. The molecule has 0 bridgehead atoms. The number of rotatable bonds is 1. The summed E-state index contributed by atoms with van der Waals surface area (Å²) in [5.41, 5.74) is 0. The first-order valence-corrected chi connectivity index (χ1v) is 6.39. The lowest BCUT2D eigenvalue weighted by molar-refractivity contribution is -0.128. The molecule has 0 spiro atoms. The second kappa shape index (κ2) is 5.15. The molecule has 1 amide bonds. The zero-order chi connectivity index (χ0) is 11.5. The Labute approximate surface area is 98.0 Å². The molecule has 4 nitrogen and oxygen atoms in total. The molecule has 2 aliphatic rings. The highest BCUT2D eigenvalue weighted by molar-refractivity contribution is 5.73. The van der Waals surface area contributed by atoms with Crippen molar-refractivity contribution in [3.8, 4) is 0 Å². The Morgan fingerprint density at radius 2 is 2.00 bits per heavy atom. The molecule has 0 aliphatic carbocycles. The van der Waals surface area contributed by atoms with E-state index >= 15 is 0 Å². The van der Waals surface area contributed by atoms with Gasteiger partial charge in [-0.25, -0.2) is 0 Å². The second-order valence-electron chi connectivity index (χ2n) is 5.10. The maximum Gasteiger partial charge on any atom is 0.219 e. The average Bonchev–Trinajstić information content (AvgIpc) is 2.54. The van der Waals surface area contributed by atoms with Crippen molar-refractivity contribution in [3.63, 3.8) is 0 Å². The summed E-state index contributed by atoms with van der Waals surface area (Å²) in [6.07, 6.45) is 1.11. The van der Waals surface area contributed by atoms with Gasteiger partial charge in [0.1, 0.15) is 0 Å². The van der Waals surface area contributed by atoms with E-state index in [1.165, 1.54) is 0 Å². The molecule has 0 saturated carbocycles. The highest BCUT2D eigenvalue weighted by atomic mass is 16.2. The summed E-state index contributed by atoms with van der Waals surface area (Å²) in [6.45, 7) is 10.3. The first-order chi connectivity index (χ1) is 7.68. The summed E-state index contributed by atoms with van der Waals surface area (Å²) in [4.78, 5) is 15.9. The van der Waals surface area contributed by atoms with E-state index in [0.29, 0.717) is 6.04 Å². The van der Waals surface area contributed by atoms with Gasteiger partial charge in [-0.3, -0.25) is 9.69 Å². The van der Waals surface area contributed by atoms with E-state index in [0.717, 1.165) is 51.6 Å². The second-order valence-corrected chi connectivity index (χ2v) is 5.10. The molecule has 92 valence electrons. The van der Waals surface area contributed by atoms with Gasteiger partial charge in [-0.2, -0.15) is 0 Å². The quantitative estimate of drug-likeness (QED) is 0.690. The van der Waals surface area contributed by atoms with Gasteiger partial charge < -0.3 is 10.2 Å². The third-order valence-electron chi connectivity index (χ3n) is 3.92. The highest BCUT2D eigenvalue weighted by Crippen LogP contribution is 2.17. The fourth-order valence-corrected chi connectivity index (χ4v) is 2.87. The molecule has 16 heavy (non-hydrogen) atoms. The number of carbonyl (C=O) groups is 1. The topological polar surface area (TPSA) is 35.6 Å². The first-order valence-electron chi connectivity index (χ1n) is 6.39. The van der Waals surface area contributed by atoms with Crippen LogP contribution in [0.4, 0.5) is 0 Å². The van der Waals surface area contributed by atoms with E-state index in [-0.39, 0.29) is 5.91 Å². The Kier molecular flexibility index (Phi) is 3.82. The minimum Gasteiger partial charge on any atom is -0.342 e. The summed E-state index contributed by atoms with van der Waals surface area (Å²) in [7, 11) is 0. The lowest BCUT2D eigenvalue weighted by Crippen LogP contribution is -2.42. The minimum atomic E-state index is 0.222.